The molecule has 2 aromatic carbocycles. The van der Waals surface area contributed by atoms with Crippen molar-refractivity contribution in [3.05, 3.63) is 52.5 Å². The van der Waals surface area contributed by atoms with E-state index in [2.05, 4.69) is 39.7 Å². The highest BCUT2D eigenvalue weighted by Gasteiger charge is 2.22. The number of hydrogen-bond donors (Lipinski definition) is 0. The highest BCUT2D eigenvalue weighted by Crippen LogP contribution is 2.31. The Morgan fingerprint density at radius 2 is 1.81 bits per heavy atom. The maximum Gasteiger partial charge on any atom is 0.260 e. The van der Waals surface area contributed by atoms with Crippen LogP contribution < -0.4 is 4.90 Å². The highest BCUT2D eigenvalue weighted by atomic mass is 79.9. The molecule has 0 spiro atoms. The Morgan fingerprint density at radius 1 is 1.10 bits per heavy atom. The van der Waals surface area contributed by atoms with Crippen molar-refractivity contribution < 1.29 is 13.2 Å². The summed E-state index contributed by atoms with van der Waals surface area (Å²) in [4.78, 5) is 22.2. The molecule has 0 fully saturated rings. The van der Waals surface area contributed by atoms with E-state index in [1.165, 1.54) is 17.6 Å². The van der Waals surface area contributed by atoms with Crippen LogP contribution in [-0.2, 0) is 9.84 Å². The summed E-state index contributed by atoms with van der Waals surface area (Å²) in [5, 5.41) is 0.563. The molecule has 3 aromatic rings. The number of sulfone groups is 1. The molecule has 31 heavy (non-hydrogen) atoms. The summed E-state index contributed by atoms with van der Waals surface area (Å²) in [5.74, 6) is -0.133. The first kappa shape index (κ1) is 25.7. The number of halogens is 2. The van der Waals surface area contributed by atoms with E-state index in [-0.39, 0.29) is 23.2 Å². The number of fused-ring (bicyclic) bond motifs is 1. The van der Waals surface area contributed by atoms with E-state index in [1.807, 2.05) is 12.1 Å². The number of rotatable bonds is 8. The van der Waals surface area contributed by atoms with E-state index in [9.17, 15) is 13.2 Å². The normalized spacial score (nSPS) is 11.5. The zero-order valence-corrected chi connectivity index (χ0v) is 21.6. The van der Waals surface area contributed by atoms with E-state index in [0.29, 0.717) is 22.8 Å². The van der Waals surface area contributed by atoms with Crippen molar-refractivity contribution in [3.63, 3.8) is 0 Å². The second-order valence-electron chi connectivity index (χ2n) is 6.89. The maximum atomic E-state index is 13.3. The van der Waals surface area contributed by atoms with Crippen molar-refractivity contribution in [1.82, 2.24) is 9.88 Å². The molecular formula is C21H25BrClN3O3S2. The van der Waals surface area contributed by atoms with Gasteiger partial charge in [0.1, 0.15) is 0 Å². The summed E-state index contributed by atoms with van der Waals surface area (Å²) in [5.41, 5.74) is 1.25. The fourth-order valence-corrected chi connectivity index (χ4v) is 5.23. The van der Waals surface area contributed by atoms with Gasteiger partial charge in [-0.3, -0.25) is 9.69 Å². The molecule has 1 heterocycles. The Balaban J connectivity index is 0.00000341. The average Bonchev–Trinajstić information content (AvgIpc) is 3.13. The van der Waals surface area contributed by atoms with Crippen molar-refractivity contribution in [2.24, 2.45) is 0 Å². The Labute approximate surface area is 201 Å². The molecule has 0 bridgehead atoms. The second-order valence-corrected chi connectivity index (χ2v) is 10.8. The lowest BCUT2D eigenvalue weighted by atomic mass is 10.2. The lowest BCUT2D eigenvalue weighted by Crippen LogP contribution is -2.38. The number of carbonyl (C=O) groups is 1. The van der Waals surface area contributed by atoms with Crippen molar-refractivity contribution in [3.8, 4) is 0 Å². The van der Waals surface area contributed by atoms with Crippen molar-refractivity contribution >= 4 is 70.8 Å². The topological polar surface area (TPSA) is 70.6 Å². The highest BCUT2D eigenvalue weighted by molar-refractivity contribution is 9.10. The summed E-state index contributed by atoms with van der Waals surface area (Å²) in [6.45, 7) is 7.19. The molecule has 0 unspecified atom stereocenters. The first-order valence-electron chi connectivity index (χ1n) is 9.63. The van der Waals surface area contributed by atoms with Gasteiger partial charge in [-0.25, -0.2) is 13.4 Å². The number of amides is 1. The second kappa shape index (κ2) is 10.9. The van der Waals surface area contributed by atoms with Crippen LogP contribution in [0.3, 0.4) is 0 Å². The molecule has 0 aliphatic heterocycles. The van der Waals surface area contributed by atoms with Crippen LogP contribution in [0.1, 0.15) is 24.2 Å². The van der Waals surface area contributed by atoms with Crippen LogP contribution in [0.5, 0.6) is 0 Å². The number of thiazole rings is 1. The molecule has 10 heteroatoms. The monoisotopic (exact) mass is 545 g/mol. The largest absolute Gasteiger partial charge is 0.302 e. The summed E-state index contributed by atoms with van der Waals surface area (Å²) in [6.07, 6.45) is 1.18. The molecule has 6 nitrogen and oxygen atoms in total. The predicted molar refractivity (Wildman–Crippen MR) is 134 cm³/mol. The minimum Gasteiger partial charge on any atom is -0.302 e. The van der Waals surface area contributed by atoms with Gasteiger partial charge in [0, 0.05) is 29.4 Å². The summed E-state index contributed by atoms with van der Waals surface area (Å²) < 4.78 is 25.4. The van der Waals surface area contributed by atoms with Gasteiger partial charge in [0.25, 0.3) is 5.91 Å². The minimum absolute atomic E-state index is 0. The van der Waals surface area contributed by atoms with E-state index < -0.39 is 9.84 Å². The number of carbonyl (C=O) groups excluding carboxylic acids is 1. The molecule has 0 aliphatic carbocycles. The quantitative estimate of drug-likeness (QED) is 0.403. The van der Waals surface area contributed by atoms with Gasteiger partial charge in [0.15, 0.2) is 15.0 Å². The van der Waals surface area contributed by atoms with Gasteiger partial charge in [-0.15, -0.1) is 12.4 Å². The van der Waals surface area contributed by atoms with Gasteiger partial charge in [-0.1, -0.05) is 47.2 Å². The summed E-state index contributed by atoms with van der Waals surface area (Å²) in [7, 11) is -3.31. The fourth-order valence-electron chi connectivity index (χ4n) is 3.08. The van der Waals surface area contributed by atoms with E-state index in [1.54, 1.807) is 35.2 Å². The van der Waals surface area contributed by atoms with Gasteiger partial charge >= 0.3 is 0 Å². The van der Waals surface area contributed by atoms with Crippen molar-refractivity contribution in [1.29, 1.82) is 0 Å². The molecule has 0 radical (unpaired) electrons. The molecule has 0 atom stereocenters. The SMILES string of the molecule is CCN(CC)CCN(C(=O)c1cccc(Br)c1)c1nc2ccc(S(C)(=O)=O)cc2s1.Cl. The number of likely N-dealkylation sites (N-methyl/N-ethyl adjacent to an activating group) is 1. The third-order valence-corrected chi connectivity index (χ3v) is 7.50. The predicted octanol–water partition coefficient (Wildman–Crippen LogP) is 4.87. The zero-order valence-electron chi connectivity index (χ0n) is 17.5. The van der Waals surface area contributed by atoms with Gasteiger partial charge in [0.05, 0.1) is 15.1 Å². The standard InChI is InChI=1S/C21H24BrN3O3S2.ClH/c1-4-24(5-2)11-12-25(20(26)15-7-6-8-16(22)13-15)21-23-18-10-9-17(30(3,27)28)14-19(18)29-21;/h6-10,13-14H,4-5,11-12H2,1-3H3;1H. The van der Waals surface area contributed by atoms with Crippen LogP contribution >= 0.6 is 39.7 Å². The molecule has 1 amide bonds. The van der Waals surface area contributed by atoms with Crippen molar-refractivity contribution in [2.75, 3.05) is 37.3 Å². The number of benzene rings is 2. The van der Waals surface area contributed by atoms with Crippen LogP contribution in [0.4, 0.5) is 5.13 Å². The van der Waals surface area contributed by atoms with Gasteiger partial charge < -0.3 is 4.90 Å². The van der Waals surface area contributed by atoms with Crippen LogP contribution in [0.25, 0.3) is 10.2 Å². The van der Waals surface area contributed by atoms with E-state index >= 15 is 0 Å². The van der Waals surface area contributed by atoms with Gasteiger partial charge in [0.2, 0.25) is 0 Å². The van der Waals surface area contributed by atoms with Crippen LogP contribution in [0.15, 0.2) is 51.8 Å². The Bertz CT molecular complexity index is 1160. The number of anilines is 1. The first-order chi connectivity index (χ1) is 14.2. The Morgan fingerprint density at radius 3 is 2.42 bits per heavy atom. The molecule has 3 rings (SSSR count). The smallest absolute Gasteiger partial charge is 0.260 e. The molecular weight excluding hydrogens is 522 g/mol. The van der Waals surface area contributed by atoms with Crippen LogP contribution in [0, 0.1) is 0 Å². The van der Waals surface area contributed by atoms with E-state index in [4.69, 9.17) is 0 Å². The fraction of sp³-hybridized carbons (Fsp3) is 0.333. The number of hydrogen-bond acceptors (Lipinski definition) is 6. The zero-order chi connectivity index (χ0) is 21.9. The van der Waals surface area contributed by atoms with Crippen LogP contribution in [-0.4, -0.2) is 56.6 Å². The van der Waals surface area contributed by atoms with Gasteiger partial charge in [-0.2, -0.15) is 0 Å². The van der Waals surface area contributed by atoms with Crippen molar-refractivity contribution in [2.45, 2.75) is 18.7 Å². The summed E-state index contributed by atoms with van der Waals surface area (Å²) in [6, 6.07) is 12.2. The summed E-state index contributed by atoms with van der Waals surface area (Å²) >= 11 is 4.76. The molecule has 0 N–H and O–H groups in total. The third kappa shape index (κ3) is 6.26. The molecule has 168 valence electrons. The van der Waals surface area contributed by atoms with E-state index in [0.717, 1.165) is 28.8 Å². The number of nitrogens with zero attached hydrogens (tertiary/aromatic N) is 3. The Hall–Kier alpha value is -1.52. The van der Waals surface area contributed by atoms with Gasteiger partial charge in [-0.05, 0) is 49.5 Å². The lowest BCUT2D eigenvalue weighted by Gasteiger charge is -2.24. The lowest BCUT2D eigenvalue weighted by molar-refractivity contribution is 0.0983. The molecule has 1 aromatic heterocycles. The average molecular weight is 547 g/mol. The first-order valence-corrected chi connectivity index (χ1v) is 13.1. The Kier molecular flexibility index (Phi) is 9.03. The molecule has 0 aliphatic rings. The van der Waals surface area contributed by atoms with Crippen LogP contribution in [0.2, 0.25) is 0 Å². The third-order valence-electron chi connectivity index (χ3n) is 4.86. The molecule has 0 saturated heterocycles. The minimum atomic E-state index is -3.31. The molecule has 0 saturated carbocycles. The number of aromatic nitrogens is 1. The maximum absolute atomic E-state index is 13.3.